The first-order valence-electron chi connectivity index (χ1n) is 6.20. The van der Waals surface area contributed by atoms with Crippen LogP contribution in [0.4, 0.5) is 0 Å². The van der Waals surface area contributed by atoms with Crippen LogP contribution in [0.25, 0.3) is 0 Å². The summed E-state index contributed by atoms with van der Waals surface area (Å²) in [5.41, 5.74) is 6.93. The zero-order chi connectivity index (χ0) is 12.7. The summed E-state index contributed by atoms with van der Waals surface area (Å²) >= 11 is 0. The summed E-state index contributed by atoms with van der Waals surface area (Å²) < 4.78 is 5.51. The summed E-state index contributed by atoms with van der Waals surface area (Å²) in [7, 11) is 1.74. The Hall–Kier alpha value is -0.900. The molecule has 2 unspecified atom stereocenters. The summed E-state index contributed by atoms with van der Waals surface area (Å²) in [6.07, 6.45) is 0.0870. The third kappa shape index (κ3) is 4.46. The van der Waals surface area contributed by atoms with Crippen molar-refractivity contribution in [3.8, 4) is 0 Å². The third-order valence-corrected chi connectivity index (χ3v) is 3.08. The molecule has 0 aliphatic rings. The number of ether oxygens (including phenoxy) is 1. The summed E-state index contributed by atoms with van der Waals surface area (Å²) in [6.45, 7) is 5.80. The molecule has 0 aliphatic heterocycles. The van der Waals surface area contributed by atoms with Crippen LogP contribution in [0, 0.1) is 5.92 Å². The molecule has 1 aromatic rings. The van der Waals surface area contributed by atoms with E-state index in [1.165, 1.54) is 5.56 Å². The maximum absolute atomic E-state index is 5.74. The summed E-state index contributed by atoms with van der Waals surface area (Å²) in [5.74, 6) is 0.535. The molecule has 1 rings (SSSR count). The second-order valence-corrected chi connectivity index (χ2v) is 4.63. The lowest BCUT2D eigenvalue weighted by molar-refractivity contribution is 0.0977. The molecule has 0 saturated heterocycles. The van der Waals surface area contributed by atoms with E-state index in [1.54, 1.807) is 7.11 Å². The van der Waals surface area contributed by atoms with Crippen molar-refractivity contribution in [1.82, 2.24) is 5.32 Å². The smallest absolute Gasteiger partial charge is 0.0945 e. The number of hydrogen-bond donors (Lipinski definition) is 2. The summed E-state index contributed by atoms with van der Waals surface area (Å²) in [4.78, 5) is 0. The maximum atomic E-state index is 5.74. The van der Waals surface area contributed by atoms with Gasteiger partial charge in [0, 0.05) is 26.2 Å². The van der Waals surface area contributed by atoms with Gasteiger partial charge in [-0.25, -0.2) is 0 Å². The number of nitrogens with two attached hydrogens (primary N) is 1. The lowest BCUT2D eigenvalue weighted by atomic mass is 10.0. The Labute approximate surface area is 104 Å². The van der Waals surface area contributed by atoms with Gasteiger partial charge in [0.15, 0.2) is 0 Å². The van der Waals surface area contributed by atoms with Gasteiger partial charge in [-0.1, -0.05) is 44.2 Å². The molecule has 3 nitrogen and oxygen atoms in total. The Morgan fingerprint density at radius 3 is 2.35 bits per heavy atom. The average Bonchev–Trinajstić information content (AvgIpc) is 2.35. The van der Waals surface area contributed by atoms with E-state index in [2.05, 4.69) is 31.3 Å². The summed E-state index contributed by atoms with van der Waals surface area (Å²) in [5, 5.41) is 3.47. The van der Waals surface area contributed by atoms with E-state index in [4.69, 9.17) is 10.5 Å². The maximum Gasteiger partial charge on any atom is 0.0945 e. The van der Waals surface area contributed by atoms with Crippen LogP contribution >= 0.6 is 0 Å². The molecule has 0 radical (unpaired) electrons. The first kappa shape index (κ1) is 14.2. The topological polar surface area (TPSA) is 47.3 Å². The van der Waals surface area contributed by atoms with Crippen LogP contribution < -0.4 is 11.1 Å². The van der Waals surface area contributed by atoms with Crippen molar-refractivity contribution in [2.75, 3.05) is 20.2 Å². The fourth-order valence-electron chi connectivity index (χ4n) is 1.85. The van der Waals surface area contributed by atoms with Gasteiger partial charge in [-0.05, 0) is 11.5 Å². The molecule has 0 heterocycles. The normalized spacial score (nSPS) is 14.9. The Bertz CT molecular complexity index is 300. The number of benzene rings is 1. The molecule has 96 valence electrons. The lowest BCUT2D eigenvalue weighted by Crippen LogP contribution is -2.42. The van der Waals surface area contributed by atoms with Crippen LogP contribution in [0.1, 0.15) is 25.5 Å². The van der Waals surface area contributed by atoms with E-state index in [1.807, 2.05) is 18.2 Å². The predicted octanol–water partition coefficient (Wildman–Crippen LogP) is 1.95. The fraction of sp³-hybridized carbons (Fsp3) is 0.571. The Kier molecular flexibility index (Phi) is 6.19. The van der Waals surface area contributed by atoms with Gasteiger partial charge in [0.1, 0.15) is 0 Å². The highest BCUT2D eigenvalue weighted by Crippen LogP contribution is 2.15. The van der Waals surface area contributed by atoms with Gasteiger partial charge in [-0.2, -0.15) is 0 Å². The quantitative estimate of drug-likeness (QED) is 0.760. The molecule has 17 heavy (non-hydrogen) atoms. The van der Waals surface area contributed by atoms with Crippen LogP contribution in [0.15, 0.2) is 30.3 Å². The minimum Gasteiger partial charge on any atom is -0.375 e. The van der Waals surface area contributed by atoms with Crippen LogP contribution in [0.3, 0.4) is 0 Å². The minimum atomic E-state index is 0.0870. The highest BCUT2D eigenvalue weighted by Gasteiger charge is 2.15. The molecule has 0 aliphatic carbocycles. The highest BCUT2D eigenvalue weighted by atomic mass is 16.5. The van der Waals surface area contributed by atoms with Gasteiger partial charge in [-0.15, -0.1) is 0 Å². The van der Waals surface area contributed by atoms with Crippen molar-refractivity contribution < 1.29 is 4.74 Å². The van der Waals surface area contributed by atoms with Crippen LogP contribution in [0.2, 0.25) is 0 Å². The third-order valence-electron chi connectivity index (χ3n) is 3.08. The average molecular weight is 236 g/mol. The molecular formula is C14H24N2O. The molecule has 0 bridgehead atoms. The highest BCUT2D eigenvalue weighted by molar-refractivity contribution is 5.17. The van der Waals surface area contributed by atoms with Gasteiger partial charge < -0.3 is 15.8 Å². The Morgan fingerprint density at radius 2 is 1.88 bits per heavy atom. The van der Waals surface area contributed by atoms with Crippen LogP contribution in [-0.2, 0) is 4.74 Å². The SMILES string of the molecule is COC(CNC(CN)C(C)C)c1ccccc1. The van der Waals surface area contributed by atoms with Gasteiger partial charge in [0.25, 0.3) is 0 Å². The zero-order valence-electron chi connectivity index (χ0n) is 11.0. The standard InChI is InChI=1S/C14H24N2O/c1-11(2)13(9-15)16-10-14(17-3)12-7-5-4-6-8-12/h4-8,11,13-14,16H,9-10,15H2,1-3H3. The molecule has 2 atom stereocenters. The van der Waals surface area contributed by atoms with Crippen molar-refractivity contribution in [3.63, 3.8) is 0 Å². The number of hydrogen-bond acceptors (Lipinski definition) is 3. The second-order valence-electron chi connectivity index (χ2n) is 4.63. The molecule has 3 heteroatoms. The van der Waals surface area contributed by atoms with Crippen molar-refractivity contribution in [2.45, 2.75) is 26.0 Å². The van der Waals surface area contributed by atoms with E-state index >= 15 is 0 Å². The van der Waals surface area contributed by atoms with E-state index < -0.39 is 0 Å². The Balaban J connectivity index is 2.53. The van der Waals surface area contributed by atoms with Crippen LogP contribution in [-0.4, -0.2) is 26.2 Å². The second kappa shape index (κ2) is 7.43. The molecule has 0 saturated carbocycles. The van der Waals surface area contributed by atoms with Gasteiger partial charge in [-0.3, -0.25) is 0 Å². The zero-order valence-corrected chi connectivity index (χ0v) is 11.0. The van der Waals surface area contributed by atoms with Crippen molar-refractivity contribution in [1.29, 1.82) is 0 Å². The predicted molar refractivity (Wildman–Crippen MR) is 71.9 cm³/mol. The largest absolute Gasteiger partial charge is 0.375 e. The molecule has 0 fully saturated rings. The molecule has 0 amide bonds. The van der Waals surface area contributed by atoms with Gasteiger partial charge >= 0.3 is 0 Å². The van der Waals surface area contributed by atoms with E-state index in [9.17, 15) is 0 Å². The van der Waals surface area contributed by atoms with Crippen molar-refractivity contribution in [2.24, 2.45) is 11.7 Å². The van der Waals surface area contributed by atoms with E-state index in [0.29, 0.717) is 18.5 Å². The van der Waals surface area contributed by atoms with E-state index in [0.717, 1.165) is 6.54 Å². The first-order valence-corrected chi connectivity index (χ1v) is 6.20. The minimum absolute atomic E-state index is 0.0870. The Morgan fingerprint density at radius 1 is 1.24 bits per heavy atom. The molecule has 0 spiro atoms. The molecule has 1 aromatic carbocycles. The van der Waals surface area contributed by atoms with Gasteiger partial charge in [0.05, 0.1) is 6.10 Å². The molecule has 0 aromatic heterocycles. The molecule has 3 N–H and O–H groups in total. The lowest BCUT2D eigenvalue weighted by Gasteiger charge is -2.24. The van der Waals surface area contributed by atoms with Gasteiger partial charge in [0.2, 0.25) is 0 Å². The van der Waals surface area contributed by atoms with E-state index in [-0.39, 0.29) is 6.10 Å². The number of methoxy groups -OCH3 is 1. The number of nitrogens with one attached hydrogen (secondary N) is 1. The fourth-order valence-corrected chi connectivity index (χ4v) is 1.85. The summed E-state index contributed by atoms with van der Waals surface area (Å²) in [6, 6.07) is 10.6. The van der Waals surface area contributed by atoms with Crippen molar-refractivity contribution >= 4 is 0 Å². The van der Waals surface area contributed by atoms with Crippen LogP contribution in [0.5, 0.6) is 0 Å². The first-order chi connectivity index (χ1) is 8.19. The number of rotatable bonds is 7. The molecular weight excluding hydrogens is 212 g/mol. The monoisotopic (exact) mass is 236 g/mol. The van der Waals surface area contributed by atoms with Crippen molar-refractivity contribution in [3.05, 3.63) is 35.9 Å².